The van der Waals surface area contributed by atoms with Gasteiger partial charge in [0.05, 0.1) is 0 Å². The molecule has 0 aromatic rings. The van der Waals surface area contributed by atoms with Crippen LogP contribution in [-0.4, -0.2) is 37.1 Å². The zero-order valence-corrected chi connectivity index (χ0v) is 12.0. The van der Waals surface area contributed by atoms with Gasteiger partial charge in [0.25, 0.3) is 0 Å². The first-order valence-electron chi connectivity index (χ1n) is 7.66. The van der Waals surface area contributed by atoms with Gasteiger partial charge in [-0.25, -0.2) is 0 Å². The van der Waals surface area contributed by atoms with Crippen LogP contribution in [-0.2, 0) is 0 Å². The minimum absolute atomic E-state index is 0.635. The number of rotatable bonds is 4. The van der Waals surface area contributed by atoms with Crippen LogP contribution in [0.25, 0.3) is 0 Å². The first-order valence-corrected chi connectivity index (χ1v) is 7.66. The molecule has 0 bridgehead atoms. The van der Waals surface area contributed by atoms with Gasteiger partial charge in [-0.05, 0) is 51.1 Å². The number of likely N-dealkylation sites (tertiary alicyclic amines) is 1. The highest BCUT2D eigenvalue weighted by atomic mass is 15.2. The van der Waals surface area contributed by atoms with Gasteiger partial charge in [0.2, 0.25) is 0 Å². The highest BCUT2D eigenvalue weighted by Gasteiger charge is 2.40. The van der Waals surface area contributed by atoms with E-state index in [1.807, 2.05) is 0 Å². The molecule has 1 aliphatic heterocycles. The van der Waals surface area contributed by atoms with Gasteiger partial charge < -0.3 is 5.32 Å². The van der Waals surface area contributed by atoms with Crippen molar-refractivity contribution in [2.75, 3.05) is 20.1 Å². The molecule has 1 saturated heterocycles. The Bertz CT molecular complexity index is 235. The van der Waals surface area contributed by atoms with Crippen LogP contribution in [0.3, 0.4) is 0 Å². The van der Waals surface area contributed by atoms with Crippen molar-refractivity contribution in [3.63, 3.8) is 0 Å². The molecule has 2 rings (SSSR count). The average Bonchev–Trinajstić information content (AvgIpc) is 2.83. The summed E-state index contributed by atoms with van der Waals surface area (Å²) in [6.45, 7) is 7.44. The zero-order chi connectivity index (χ0) is 12.3. The van der Waals surface area contributed by atoms with Gasteiger partial charge in [-0.2, -0.15) is 0 Å². The molecule has 17 heavy (non-hydrogen) atoms. The van der Waals surface area contributed by atoms with Crippen LogP contribution in [0, 0.1) is 5.41 Å². The standard InChI is InChI=1S/C15H30N2/c1-4-15(5-2)10-11-17(12-15)14-9-7-6-8-13(14)16-3/h13-14,16H,4-12H2,1-3H3. The van der Waals surface area contributed by atoms with E-state index >= 15 is 0 Å². The Morgan fingerprint density at radius 3 is 2.47 bits per heavy atom. The lowest BCUT2D eigenvalue weighted by Crippen LogP contribution is -2.50. The van der Waals surface area contributed by atoms with E-state index in [1.165, 1.54) is 58.0 Å². The van der Waals surface area contributed by atoms with E-state index < -0.39 is 0 Å². The van der Waals surface area contributed by atoms with E-state index in [9.17, 15) is 0 Å². The molecular formula is C15H30N2. The van der Waals surface area contributed by atoms with Crippen LogP contribution in [0.5, 0.6) is 0 Å². The fourth-order valence-corrected chi connectivity index (χ4v) is 3.97. The van der Waals surface area contributed by atoms with Gasteiger partial charge in [0.1, 0.15) is 0 Å². The van der Waals surface area contributed by atoms with E-state index in [0.29, 0.717) is 5.41 Å². The Balaban J connectivity index is 1.98. The Kier molecular flexibility index (Phi) is 4.48. The molecule has 1 N–H and O–H groups in total. The summed E-state index contributed by atoms with van der Waals surface area (Å²) in [6, 6.07) is 1.56. The summed E-state index contributed by atoms with van der Waals surface area (Å²) in [5.74, 6) is 0. The molecule has 2 nitrogen and oxygen atoms in total. The van der Waals surface area contributed by atoms with E-state index in [-0.39, 0.29) is 0 Å². The Labute approximate surface area is 107 Å². The van der Waals surface area contributed by atoms with Crippen molar-refractivity contribution in [1.82, 2.24) is 10.2 Å². The molecule has 1 heterocycles. The maximum absolute atomic E-state index is 3.55. The monoisotopic (exact) mass is 238 g/mol. The van der Waals surface area contributed by atoms with Gasteiger partial charge >= 0.3 is 0 Å². The number of nitrogens with zero attached hydrogens (tertiary/aromatic N) is 1. The van der Waals surface area contributed by atoms with E-state index in [1.54, 1.807) is 0 Å². The van der Waals surface area contributed by atoms with Crippen LogP contribution in [0.2, 0.25) is 0 Å². The number of likely N-dealkylation sites (N-methyl/N-ethyl adjacent to an activating group) is 1. The van der Waals surface area contributed by atoms with Crippen molar-refractivity contribution in [3.8, 4) is 0 Å². The molecule has 1 saturated carbocycles. The summed E-state index contributed by atoms with van der Waals surface area (Å²) in [5.41, 5.74) is 0.635. The van der Waals surface area contributed by atoms with Gasteiger partial charge in [-0.15, -0.1) is 0 Å². The summed E-state index contributed by atoms with van der Waals surface area (Å²) in [4.78, 5) is 2.80. The topological polar surface area (TPSA) is 15.3 Å². The smallest absolute Gasteiger partial charge is 0.0249 e. The minimum Gasteiger partial charge on any atom is -0.315 e. The second-order valence-corrected chi connectivity index (χ2v) is 6.17. The van der Waals surface area contributed by atoms with Gasteiger partial charge in [-0.3, -0.25) is 4.90 Å². The molecule has 0 amide bonds. The molecule has 2 atom stereocenters. The van der Waals surface area contributed by atoms with E-state index in [0.717, 1.165) is 12.1 Å². The minimum atomic E-state index is 0.635. The quantitative estimate of drug-likeness (QED) is 0.810. The molecule has 2 aliphatic rings. The fraction of sp³-hybridized carbons (Fsp3) is 1.00. The number of hydrogen-bond acceptors (Lipinski definition) is 2. The van der Waals surface area contributed by atoms with Crippen molar-refractivity contribution in [2.24, 2.45) is 5.41 Å². The molecule has 100 valence electrons. The first-order chi connectivity index (χ1) is 8.24. The van der Waals surface area contributed by atoms with Crippen molar-refractivity contribution >= 4 is 0 Å². The maximum Gasteiger partial charge on any atom is 0.0249 e. The third-order valence-electron chi connectivity index (χ3n) is 5.54. The van der Waals surface area contributed by atoms with E-state index in [2.05, 4.69) is 31.1 Å². The molecule has 0 aromatic carbocycles. The molecule has 2 heteroatoms. The van der Waals surface area contributed by atoms with Gasteiger partial charge in [-0.1, -0.05) is 26.7 Å². The Morgan fingerprint density at radius 1 is 1.18 bits per heavy atom. The van der Waals surface area contributed by atoms with Gasteiger partial charge in [0.15, 0.2) is 0 Å². The van der Waals surface area contributed by atoms with Crippen molar-refractivity contribution in [3.05, 3.63) is 0 Å². The van der Waals surface area contributed by atoms with Crippen LogP contribution in [0.15, 0.2) is 0 Å². The lowest BCUT2D eigenvalue weighted by molar-refractivity contribution is 0.131. The summed E-state index contributed by atoms with van der Waals surface area (Å²) < 4.78 is 0. The molecule has 0 spiro atoms. The highest BCUT2D eigenvalue weighted by Crippen LogP contribution is 2.39. The Morgan fingerprint density at radius 2 is 1.88 bits per heavy atom. The second kappa shape index (κ2) is 5.71. The lowest BCUT2D eigenvalue weighted by Gasteiger charge is -2.39. The predicted molar refractivity (Wildman–Crippen MR) is 74.3 cm³/mol. The predicted octanol–water partition coefficient (Wildman–Crippen LogP) is 3.03. The lowest BCUT2D eigenvalue weighted by atomic mass is 9.81. The summed E-state index contributed by atoms with van der Waals surface area (Å²) in [5, 5.41) is 3.55. The Hall–Kier alpha value is -0.0800. The van der Waals surface area contributed by atoms with Crippen molar-refractivity contribution in [2.45, 2.75) is 70.9 Å². The molecule has 2 fully saturated rings. The number of nitrogens with one attached hydrogen (secondary N) is 1. The maximum atomic E-state index is 3.55. The van der Waals surface area contributed by atoms with Crippen LogP contribution < -0.4 is 5.32 Å². The number of hydrogen-bond donors (Lipinski definition) is 1. The first kappa shape index (κ1) is 13.4. The van der Waals surface area contributed by atoms with Crippen LogP contribution in [0.4, 0.5) is 0 Å². The summed E-state index contributed by atoms with van der Waals surface area (Å²) in [6.07, 6.45) is 9.78. The highest BCUT2D eigenvalue weighted by molar-refractivity contribution is 4.95. The zero-order valence-electron chi connectivity index (χ0n) is 12.0. The molecule has 0 aromatic heterocycles. The molecule has 1 aliphatic carbocycles. The van der Waals surface area contributed by atoms with E-state index in [4.69, 9.17) is 0 Å². The molecular weight excluding hydrogens is 208 g/mol. The largest absolute Gasteiger partial charge is 0.315 e. The molecule has 0 radical (unpaired) electrons. The third kappa shape index (κ3) is 2.68. The van der Waals surface area contributed by atoms with Crippen molar-refractivity contribution in [1.29, 1.82) is 0 Å². The van der Waals surface area contributed by atoms with Crippen LogP contribution >= 0.6 is 0 Å². The van der Waals surface area contributed by atoms with Crippen LogP contribution in [0.1, 0.15) is 58.8 Å². The van der Waals surface area contributed by atoms with Gasteiger partial charge in [0, 0.05) is 18.6 Å². The normalized spacial score (nSPS) is 34.1. The summed E-state index contributed by atoms with van der Waals surface area (Å²) >= 11 is 0. The SMILES string of the molecule is CCC1(CC)CCN(C2CCCCC2NC)C1. The average molecular weight is 238 g/mol. The molecule has 2 unspecified atom stereocenters. The third-order valence-corrected chi connectivity index (χ3v) is 5.54. The fourth-order valence-electron chi connectivity index (χ4n) is 3.97. The summed E-state index contributed by atoms with van der Waals surface area (Å²) in [7, 11) is 2.14. The van der Waals surface area contributed by atoms with Crippen molar-refractivity contribution < 1.29 is 0 Å². The second-order valence-electron chi connectivity index (χ2n) is 6.17.